The third-order valence-electron chi connectivity index (χ3n) is 6.91. The van der Waals surface area contributed by atoms with Gasteiger partial charge in [-0.25, -0.2) is 0 Å². The Bertz CT molecular complexity index is 853. The number of Topliss-reactive ketones (excluding diaryl/α,β-unsaturated/α-hetero) is 1. The van der Waals surface area contributed by atoms with E-state index in [0.717, 1.165) is 12.0 Å². The molecule has 0 amide bonds. The number of hydrogen-bond acceptors (Lipinski definition) is 3. The summed E-state index contributed by atoms with van der Waals surface area (Å²) in [5, 5.41) is 9.62. The van der Waals surface area contributed by atoms with Crippen molar-refractivity contribution in [2.24, 2.45) is 16.2 Å². The second kappa shape index (κ2) is 7.85. The number of allylic oxidation sites excluding steroid dienone is 2. The Balaban J connectivity index is 2.15. The van der Waals surface area contributed by atoms with Crippen molar-refractivity contribution in [2.75, 3.05) is 0 Å². The zero-order valence-electron chi connectivity index (χ0n) is 17.7. The van der Waals surface area contributed by atoms with E-state index < -0.39 is 22.2 Å². The van der Waals surface area contributed by atoms with Crippen molar-refractivity contribution in [3.8, 4) is 0 Å². The fraction of sp³-hybridized carbons (Fsp3) is 0.542. The SMILES string of the molecule is CC(C)=CC(=O)[C@]12CCC[C@](CC(=O)O)(C[C@@H]([Se]c3ccccc3)C1(C)C)C2=O. The van der Waals surface area contributed by atoms with Gasteiger partial charge in [0.25, 0.3) is 0 Å². The minimum absolute atomic E-state index is 0.0447. The average Bonchev–Trinajstić information content (AvgIpc) is 2.62. The van der Waals surface area contributed by atoms with Crippen LogP contribution in [-0.2, 0) is 14.4 Å². The van der Waals surface area contributed by atoms with Crippen LogP contribution in [0.2, 0.25) is 4.82 Å². The summed E-state index contributed by atoms with van der Waals surface area (Å²) in [6.45, 7) is 7.86. The fourth-order valence-electron chi connectivity index (χ4n) is 5.39. The third-order valence-corrected chi connectivity index (χ3v) is 10.2. The normalized spacial score (nSPS) is 30.5. The molecule has 0 heterocycles. The van der Waals surface area contributed by atoms with Gasteiger partial charge in [-0.3, -0.25) is 0 Å². The van der Waals surface area contributed by atoms with Crippen LogP contribution in [0.15, 0.2) is 42.0 Å². The summed E-state index contributed by atoms with van der Waals surface area (Å²) in [7, 11) is 0. The van der Waals surface area contributed by atoms with Crippen molar-refractivity contribution in [3.63, 3.8) is 0 Å². The second-order valence-electron chi connectivity index (χ2n) is 9.37. The van der Waals surface area contributed by atoms with Crippen LogP contribution in [-0.4, -0.2) is 37.6 Å². The second-order valence-corrected chi connectivity index (χ2v) is 12.0. The van der Waals surface area contributed by atoms with Gasteiger partial charge in [0.1, 0.15) is 0 Å². The van der Waals surface area contributed by atoms with Crippen molar-refractivity contribution >= 4 is 37.0 Å². The molecule has 4 nitrogen and oxygen atoms in total. The number of carbonyl (C=O) groups excluding carboxylic acids is 2. The van der Waals surface area contributed by atoms with E-state index in [1.54, 1.807) is 6.08 Å². The summed E-state index contributed by atoms with van der Waals surface area (Å²) in [5.41, 5.74) is -1.70. The molecule has 5 heteroatoms. The van der Waals surface area contributed by atoms with E-state index in [0.29, 0.717) is 19.3 Å². The van der Waals surface area contributed by atoms with Gasteiger partial charge < -0.3 is 0 Å². The molecule has 3 rings (SSSR count). The molecule has 0 unspecified atom stereocenters. The number of benzene rings is 1. The van der Waals surface area contributed by atoms with Gasteiger partial charge in [-0.2, -0.15) is 0 Å². The zero-order valence-corrected chi connectivity index (χ0v) is 19.4. The van der Waals surface area contributed by atoms with Gasteiger partial charge >= 0.3 is 179 Å². The Morgan fingerprint density at radius 2 is 1.83 bits per heavy atom. The summed E-state index contributed by atoms with van der Waals surface area (Å²) < 4.78 is 1.22. The molecule has 2 bridgehead atoms. The standard InChI is InChI=1S/C24H30O4Se/c1-16(2)13-18(25)24-12-8-11-23(21(24)28,15-20(26)27)14-19(22(24,3)4)29-17-9-6-5-7-10-17/h5-7,9-10,13,19H,8,11-12,14-15H2,1-4H3,(H,26,27)/t19-,23-,24+/m1/s1. The molecule has 2 saturated carbocycles. The number of rotatable bonds is 6. The van der Waals surface area contributed by atoms with Crippen LogP contribution in [0, 0.1) is 16.2 Å². The molecule has 0 spiro atoms. The molecule has 1 aromatic carbocycles. The predicted octanol–water partition coefficient (Wildman–Crippen LogP) is 3.97. The number of carboxylic acids is 1. The predicted molar refractivity (Wildman–Crippen MR) is 114 cm³/mol. The van der Waals surface area contributed by atoms with Gasteiger partial charge in [0.2, 0.25) is 0 Å². The Hall–Kier alpha value is -1.71. The quantitative estimate of drug-likeness (QED) is 0.395. The van der Waals surface area contributed by atoms with E-state index in [1.165, 1.54) is 4.46 Å². The number of fused-ring (bicyclic) bond motifs is 2. The first-order valence-electron chi connectivity index (χ1n) is 10.2. The molecule has 1 aromatic rings. The van der Waals surface area contributed by atoms with E-state index in [2.05, 4.69) is 26.0 Å². The van der Waals surface area contributed by atoms with Crippen molar-refractivity contribution in [2.45, 2.75) is 64.6 Å². The van der Waals surface area contributed by atoms with Crippen molar-refractivity contribution in [1.82, 2.24) is 0 Å². The maximum absolute atomic E-state index is 13.9. The maximum atomic E-state index is 13.9. The molecule has 2 aliphatic carbocycles. The van der Waals surface area contributed by atoms with Gasteiger partial charge in [0, 0.05) is 0 Å². The van der Waals surface area contributed by atoms with Crippen LogP contribution < -0.4 is 4.46 Å². The van der Waals surface area contributed by atoms with E-state index in [4.69, 9.17) is 0 Å². The molecule has 0 radical (unpaired) electrons. The van der Waals surface area contributed by atoms with Crippen LogP contribution in [0.25, 0.3) is 0 Å². The summed E-state index contributed by atoms with van der Waals surface area (Å²) in [6.07, 6.45) is 3.80. The van der Waals surface area contributed by atoms with Crippen LogP contribution in [0.5, 0.6) is 0 Å². The Morgan fingerprint density at radius 1 is 1.17 bits per heavy atom. The van der Waals surface area contributed by atoms with E-state index in [1.807, 2.05) is 32.0 Å². The van der Waals surface area contributed by atoms with E-state index in [9.17, 15) is 19.5 Å². The van der Waals surface area contributed by atoms with Gasteiger partial charge in [-0.15, -0.1) is 0 Å². The zero-order chi connectivity index (χ0) is 21.4. The van der Waals surface area contributed by atoms with Gasteiger partial charge in [0.15, 0.2) is 0 Å². The molecule has 0 aromatic heterocycles. The Morgan fingerprint density at radius 3 is 2.41 bits per heavy atom. The van der Waals surface area contributed by atoms with Crippen molar-refractivity contribution in [1.29, 1.82) is 0 Å². The first-order chi connectivity index (χ1) is 13.5. The van der Waals surface area contributed by atoms with Crippen molar-refractivity contribution in [3.05, 3.63) is 42.0 Å². The molecular weight excluding hydrogens is 431 g/mol. The fourth-order valence-corrected chi connectivity index (χ4v) is 8.62. The number of aliphatic carboxylic acids is 1. The molecular formula is C24H30O4Se. The van der Waals surface area contributed by atoms with E-state index in [-0.39, 0.29) is 37.8 Å². The topological polar surface area (TPSA) is 71.4 Å². The molecule has 2 aliphatic rings. The summed E-state index contributed by atoms with van der Waals surface area (Å²) in [4.78, 5) is 39.3. The Kier molecular flexibility index (Phi) is 5.95. The van der Waals surface area contributed by atoms with Crippen LogP contribution in [0.3, 0.4) is 0 Å². The van der Waals surface area contributed by atoms with Gasteiger partial charge in [-0.05, 0) is 0 Å². The number of carboxylic acid groups (broad SMARTS) is 1. The van der Waals surface area contributed by atoms with Crippen LogP contribution in [0.4, 0.5) is 0 Å². The molecule has 0 aliphatic heterocycles. The van der Waals surface area contributed by atoms with Crippen LogP contribution in [0.1, 0.15) is 59.8 Å². The third kappa shape index (κ3) is 3.64. The molecule has 29 heavy (non-hydrogen) atoms. The number of ketones is 2. The summed E-state index contributed by atoms with van der Waals surface area (Å²) in [6, 6.07) is 10.2. The number of carbonyl (C=O) groups is 3. The molecule has 156 valence electrons. The molecule has 0 saturated heterocycles. The molecule has 1 N–H and O–H groups in total. The molecule has 2 fully saturated rings. The minimum atomic E-state index is -1.13. The number of hydrogen-bond donors (Lipinski definition) is 1. The average molecular weight is 461 g/mol. The first kappa shape index (κ1) is 22.0. The summed E-state index contributed by atoms with van der Waals surface area (Å²) >= 11 is 0.0447. The van der Waals surface area contributed by atoms with Crippen molar-refractivity contribution < 1.29 is 19.5 Å². The van der Waals surface area contributed by atoms with Gasteiger partial charge in [-0.1, -0.05) is 0 Å². The first-order valence-corrected chi connectivity index (χ1v) is 12.1. The monoisotopic (exact) mass is 462 g/mol. The van der Waals surface area contributed by atoms with E-state index >= 15 is 0 Å². The summed E-state index contributed by atoms with van der Waals surface area (Å²) in [5.74, 6) is -1.20. The molecule has 3 atom stereocenters. The van der Waals surface area contributed by atoms with Gasteiger partial charge in [0.05, 0.1) is 0 Å². The van der Waals surface area contributed by atoms with Crippen LogP contribution >= 0.6 is 0 Å². The Labute approximate surface area is 179 Å².